The van der Waals surface area contributed by atoms with Crippen molar-refractivity contribution in [2.24, 2.45) is 0 Å². The lowest BCUT2D eigenvalue weighted by Crippen LogP contribution is -2.41. The van der Waals surface area contributed by atoms with Crippen LogP contribution in [0.15, 0.2) is 5.57 Å². The third-order valence-corrected chi connectivity index (χ3v) is 2.04. The molecule has 2 unspecified atom stereocenters. The number of hydroxylamine groups is 2. The summed E-state index contributed by atoms with van der Waals surface area (Å²) in [6.07, 6.45) is -1.14. The minimum absolute atomic E-state index is 0.0428. The summed E-state index contributed by atoms with van der Waals surface area (Å²) >= 11 is 0. The molecule has 1 aliphatic rings. The second-order valence-corrected chi connectivity index (χ2v) is 4.62. The van der Waals surface area contributed by atoms with Crippen molar-refractivity contribution in [1.29, 1.82) is 0 Å². The van der Waals surface area contributed by atoms with Gasteiger partial charge >= 0.3 is 5.97 Å². The molecule has 1 saturated heterocycles. The van der Waals surface area contributed by atoms with E-state index in [0.29, 0.717) is 0 Å². The molecule has 0 aliphatic carbocycles. The Bertz CT molecular complexity index is 340. The number of nitrogens with zero attached hydrogens (tertiary/aromatic N) is 1. The van der Waals surface area contributed by atoms with E-state index in [9.17, 15) is 14.7 Å². The summed E-state index contributed by atoms with van der Waals surface area (Å²) in [5, 5.41) is 19.6. The number of carboxylic acid groups (broad SMARTS) is 1. The zero-order valence-electron chi connectivity index (χ0n) is 9.43. The van der Waals surface area contributed by atoms with Gasteiger partial charge in [0.2, 0.25) is 0 Å². The van der Waals surface area contributed by atoms with E-state index in [-0.39, 0.29) is 12.1 Å². The maximum Gasteiger partial charge on any atom is 0.328 e. The Morgan fingerprint density at radius 2 is 2.12 bits per heavy atom. The fourth-order valence-corrected chi connectivity index (χ4v) is 1.53. The van der Waals surface area contributed by atoms with E-state index >= 15 is 0 Å². The molecule has 1 heterocycles. The highest BCUT2D eigenvalue weighted by atomic mass is 16.7. The second-order valence-electron chi connectivity index (χ2n) is 4.62. The first-order valence-corrected chi connectivity index (χ1v) is 4.88. The number of rotatable bonds is 2. The molecule has 0 saturated carbocycles. The monoisotopic (exact) mass is 229 g/mol. The number of aliphatic hydroxyl groups is 1. The fraction of sp³-hybridized carbons (Fsp3) is 0.700. The number of carbonyl (C=O) groups is 1. The average molecular weight is 229 g/mol. The minimum atomic E-state index is -1.26. The van der Waals surface area contributed by atoms with Crippen LogP contribution in [0.25, 0.3) is 0 Å². The zero-order valence-corrected chi connectivity index (χ0v) is 9.43. The molecule has 1 aliphatic heterocycles. The first-order valence-electron chi connectivity index (χ1n) is 4.88. The number of hydrogen-bond donors (Lipinski definition) is 2. The number of aliphatic hydroxyl groups excluding tert-OH is 1. The van der Waals surface area contributed by atoms with Gasteiger partial charge in [-0.2, -0.15) is 5.06 Å². The predicted octanol–water partition coefficient (Wildman–Crippen LogP) is -0.396. The normalized spacial score (nSPS) is 26.9. The van der Waals surface area contributed by atoms with Gasteiger partial charge < -0.3 is 10.2 Å². The minimum Gasteiger partial charge on any atom is -0.480 e. The van der Waals surface area contributed by atoms with Crippen molar-refractivity contribution >= 4 is 11.9 Å². The van der Waals surface area contributed by atoms with Crippen molar-refractivity contribution in [3.8, 4) is 0 Å². The van der Waals surface area contributed by atoms with Gasteiger partial charge in [-0.15, -0.1) is 0 Å². The number of carbonyl (C=O) groups excluding carboxylic acids is 1. The number of hydrogen-bond acceptors (Lipinski definition) is 5. The topological polar surface area (TPSA) is 87.1 Å². The van der Waals surface area contributed by atoms with Crippen LogP contribution in [-0.4, -0.2) is 51.5 Å². The Hall–Kier alpha value is -1.20. The van der Waals surface area contributed by atoms with Crippen molar-refractivity contribution in [3.63, 3.8) is 0 Å². The van der Waals surface area contributed by atoms with Crippen LogP contribution in [0.5, 0.6) is 0 Å². The number of β-amino-alcohol motifs (C(OH)–C–C–N with tert-alkyl or cyclic N) is 1. The molecule has 90 valence electrons. The Morgan fingerprint density at radius 1 is 1.56 bits per heavy atom. The lowest BCUT2D eigenvalue weighted by molar-refractivity contribution is -0.237. The second kappa shape index (κ2) is 4.35. The fourth-order valence-electron chi connectivity index (χ4n) is 1.53. The molecule has 0 radical (unpaired) electrons. The number of aliphatic carboxylic acids is 1. The number of carboxylic acids is 1. The molecule has 1 fully saturated rings. The molecule has 2 N–H and O–H groups in total. The molecule has 6 nitrogen and oxygen atoms in total. The van der Waals surface area contributed by atoms with Gasteiger partial charge in [0.05, 0.1) is 17.7 Å². The van der Waals surface area contributed by atoms with Crippen LogP contribution in [-0.2, 0) is 14.4 Å². The Morgan fingerprint density at radius 3 is 2.50 bits per heavy atom. The van der Waals surface area contributed by atoms with Crippen molar-refractivity contribution in [1.82, 2.24) is 5.06 Å². The van der Waals surface area contributed by atoms with Crippen LogP contribution in [0.4, 0.5) is 0 Å². The maximum atomic E-state index is 11.0. The molecule has 0 spiro atoms. The smallest absolute Gasteiger partial charge is 0.328 e. The van der Waals surface area contributed by atoms with Gasteiger partial charge in [-0.25, -0.2) is 4.79 Å². The van der Waals surface area contributed by atoms with E-state index in [1.165, 1.54) is 5.94 Å². The summed E-state index contributed by atoms with van der Waals surface area (Å²) in [7, 11) is 0. The van der Waals surface area contributed by atoms with E-state index in [1.54, 1.807) is 20.8 Å². The molecule has 6 heteroatoms. The Balaban J connectivity index is 2.95. The van der Waals surface area contributed by atoms with E-state index in [4.69, 9.17) is 9.94 Å². The van der Waals surface area contributed by atoms with Gasteiger partial charge in [-0.05, 0) is 20.8 Å². The summed E-state index contributed by atoms with van der Waals surface area (Å²) in [6.45, 7) is 5.21. The van der Waals surface area contributed by atoms with Crippen LogP contribution in [0.2, 0.25) is 0 Å². The molecule has 16 heavy (non-hydrogen) atoms. The lowest BCUT2D eigenvalue weighted by Gasteiger charge is -2.28. The van der Waals surface area contributed by atoms with Gasteiger partial charge in [-0.1, -0.05) is 0 Å². The van der Waals surface area contributed by atoms with Crippen molar-refractivity contribution in [2.75, 3.05) is 6.54 Å². The molecule has 0 aromatic carbocycles. The van der Waals surface area contributed by atoms with Gasteiger partial charge in [0.15, 0.2) is 6.04 Å². The lowest BCUT2D eigenvalue weighted by atomic mass is 10.1. The van der Waals surface area contributed by atoms with E-state index in [1.807, 2.05) is 0 Å². The summed E-state index contributed by atoms with van der Waals surface area (Å²) in [5.74, 6) is 0.238. The van der Waals surface area contributed by atoms with Crippen LogP contribution in [0.3, 0.4) is 0 Å². The molecule has 2 atom stereocenters. The van der Waals surface area contributed by atoms with Crippen LogP contribution in [0.1, 0.15) is 20.8 Å². The third-order valence-electron chi connectivity index (χ3n) is 2.04. The van der Waals surface area contributed by atoms with E-state index in [0.717, 1.165) is 5.06 Å². The quantitative estimate of drug-likeness (QED) is 0.627. The maximum absolute atomic E-state index is 11.0. The van der Waals surface area contributed by atoms with Crippen molar-refractivity contribution in [2.45, 2.75) is 38.5 Å². The summed E-state index contributed by atoms with van der Waals surface area (Å²) in [5.41, 5.74) is -0.789. The summed E-state index contributed by atoms with van der Waals surface area (Å²) < 4.78 is 0. The molecule has 0 aromatic rings. The van der Waals surface area contributed by atoms with E-state index in [2.05, 4.69) is 0 Å². The largest absolute Gasteiger partial charge is 0.480 e. The van der Waals surface area contributed by atoms with Crippen LogP contribution < -0.4 is 0 Å². The van der Waals surface area contributed by atoms with Gasteiger partial charge in [-0.3, -0.25) is 9.63 Å². The zero-order chi connectivity index (χ0) is 12.5. The average Bonchev–Trinajstić information content (AvgIpc) is 2.38. The molecular weight excluding hydrogens is 214 g/mol. The summed E-state index contributed by atoms with van der Waals surface area (Å²) in [4.78, 5) is 26.9. The molecule has 0 aromatic heterocycles. The summed E-state index contributed by atoms with van der Waals surface area (Å²) in [6, 6.07) is -1.26. The molecule has 0 bridgehead atoms. The van der Waals surface area contributed by atoms with Gasteiger partial charge in [0, 0.05) is 0 Å². The van der Waals surface area contributed by atoms with Crippen LogP contribution >= 0.6 is 0 Å². The molecule has 0 amide bonds. The first-order chi connectivity index (χ1) is 7.26. The Labute approximate surface area is 93.1 Å². The van der Waals surface area contributed by atoms with Crippen molar-refractivity contribution < 1.29 is 24.6 Å². The Kier molecular flexibility index (Phi) is 3.50. The third kappa shape index (κ3) is 2.68. The first kappa shape index (κ1) is 12.9. The van der Waals surface area contributed by atoms with Crippen molar-refractivity contribution in [3.05, 3.63) is 5.57 Å². The molecular formula is C10H15NO5. The van der Waals surface area contributed by atoms with E-state index < -0.39 is 23.7 Å². The highest BCUT2D eigenvalue weighted by Gasteiger charge is 2.44. The van der Waals surface area contributed by atoms with Gasteiger partial charge in [0.1, 0.15) is 12.0 Å². The molecule has 1 rings (SSSR count). The SMILES string of the molecule is CC(C)(C)ON1CC(O)C(=C=O)C1C(=O)O. The van der Waals surface area contributed by atoms with Crippen LogP contribution in [0, 0.1) is 0 Å². The predicted molar refractivity (Wildman–Crippen MR) is 54.2 cm³/mol. The van der Waals surface area contributed by atoms with Gasteiger partial charge in [0.25, 0.3) is 0 Å². The standard InChI is InChI=1S/C10H15NO5/c1-10(2,3)16-11-4-7(13)6(5-12)8(11)9(14)15/h7-8,13H,4H2,1-3H3,(H,14,15). The highest BCUT2D eigenvalue weighted by Crippen LogP contribution is 2.25. The highest BCUT2D eigenvalue weighted by molar-refractivity contribution is 5.82.